The van der Waals surface area contributed by atoms with E-state index in [4.69, 9.17) is 4.74 Å². The molecule has 3 aromatic rings. The van der Waals surface area contributed by atoms with Gasteiger partial charge in [-0.3, -0.25) is 9.59 Å². The molecule has 0 aliphatic carbocycles. The van der Waals surface area contributed by atoms with E-state index in [-0.39, 0.29) is 30.9 Å². The van der Waals surface area contributed by atoms with Gasteiger partial charge >= 0.3 is 0 Å². The first-order valence-corrected chi connectivity index (χ1v) is 12.6. The molecule has 0 fully saturated rings. The first-order chi connectivity index (χ1) is 16.4. The van der Waals surface area contributed by atoms with Crippen molar-refractivity contribution in [1.82, 2.24) is 9.80 Å². The monoisotopic (exact) mass is 478 g/mol. The maximum Gasteiger partial charge on any atom is 0.260 e. The fraction of sp³-hybridized carbons (Fsp3) is 0.357. The fourth-order valence-corrected chi connectivity index (χ4v) is 4.48. The summed E-state index contributed by atoms with van der Waals surface area (Å²) in [5.74, 6) is 0.691. The van der Waals surface area contributed by atoms with Gasteiger partial charge in [0, 0.05) is 22.8 Å². The van der Waals surface area contributed by atoms with E-state index in [2.05, 4.69) is 32.9 Å². The highest BCUT2D eigenvalue weighted by molar-refractivity contribution is 7.11. The molecule has 2 aromatic carbocycles. The third-order valence-corrected chi connectivity index (χ3v) is 6.71. The molecule has 1 aromatic heterocycles. The van der Waals surface area contributed by atoms with Crippen molar-refractivity contribution in [2.75, 3.05) is 19.7 Å². The van der Waals surface area contributed by atoms with Crippen molar-refractivity contribution in [1.29, 1.82) is 0 Å². The Balaban J connectivity index is 1.73. The van der Waals surface area contributed by atoms with Crippen LogP contribution in [0.25, 0.3) is 0 Å². The molecule has 1 atom stereocenters. The van der Waals surface area contributed by atoms with Crippen LogP contribution in [0, 0.1) is 12.8 Å². The Bertz CT molecular complexity index is 1040. The predicted octanol–water partition coefficient (Wildman–Crippen LogP) is 5.54. The lowest BCUT2D eigenvalue weighted by Gasteiger charge is -2.29. The number of nitrogens with zero attached hydrogens (tertiary/aromatic N) is 2. The molecule has 0 radical (unpaired) electrons. The molecule has 180 valence electrons. The summed E-state index contributed by atoms with van der Waals surface area (Å²) < 4.78 is 5.69. The molecule has 0 saturated heterocycles. The summed E-state index contributed by atoms with van der Waals surface area (Å²) >= 11 is 1.69. The van der Waals surface area contributed by atoms with E-state index in [0.717, 1.165) is 16.9 Å². The number of ether oxygens (including phenoxy) is 1. The Morgan fingerprint density at radius 2 is 1.56 bits per heavy atom. The van der Waals surface area contributed by atoms with Gasteiger partial charge in [-0.2, -0.15) is 0 Å². The minimum absolute atomic E-state index is 0.0402. The lowest BCUT2D eigenvalue weighted by molar-refractivity contribution is -0.142. The smallest absolute Gasteiger partial charge is 0.260 e. The van der Waals surface area contributed by atoms with Crippen molar-refractivity contribution < 1.29 is 14.3 Å². The maximum atomic E-state index is 13.5. The normalized spacial score (nSPS) is 11.6. The van der Waals surface area contributed by atoms with E-state index >= 15 is 0 Å². The molecule has 0 aliphatic rings. The zero-order chi connectivity index (χ0) is 24.3. The van der Waals surface area contributed by atoms with Crippen LogP contribution in [0.1, 0.15) is 35.6 Å². The Morgan fingerprint density at radius 3 is 2.18 bits per heavy atom. The quantitative estimate of drug-likeness (QED) is 0.343. The third-order valence-electron chi connectivity index (χ3n) is 5.73. The molecule has 0 N–H and O–H groups in total. The number of hydrogen-bond donors (Lipinski definition) is 0. The Labute approximate surface area is 207 Å². The largest absolute Gasteiger partial charge is 0.484 e. The first kappa shape index (κ1) is 25.5. The molecule has 0 saturated carbocycles. The maximum absolute atomic E-state index is 13.5. The number of aryl methyl sites for hydroxylation is 1. The van der Waals surface area contributed by atoms with Crippen molar-refractivity contribution in [3.05, 3.63) is 88.1 Å². The summed E-state index contributed by atoms with van der Waals surface area (Å²) in [5.41, 5.74) is 1.07. The number of hydrogen-bond acceptors (Lipinski definition) is 4. The highest BCUT2D eigenvalue weighted by Crippen LogP contribution is 2.19. The molecule has 0 aliphatic heterocycles. The van der Waals surface area contributed by atoms with Crippen molar-refractivity contribution in [3.8, 4) is 5.75 Å². The summed E-state index contributed by atoms with van der Waals surface area (Å²) in [7, 11) is 0. The first-order valence-electron chi connectivity index (χ1n) is 11.8. The summed E-state index contributed by atoms with van der Waals surface area (Å²) in [6.45, 7) is 7.76. The highest BCUT2D eigenvalue weighted by atomic mass is 32.1. The highest BCUT2D eigenvalue weighted by Gasteiger charge is 2.24. The molecule has 34 heavy (non-hydrogen) atoms. The van der Waals surface area contributed by atoms with Crippen molar-refractivity contribution in [2.45, 2.75) is 40.3 Å². The van der Waals surface area contributed by atoms with Gasteiger partial charge in [-0.1, -0.05) is 68.8 Å². The van der Waals surface area contributed by atoms with Crippen LogP contribution in [0.3, 0.4) is 0 Å². The van der Waals surface area contributed by atoms with Crippen molar-refractivity contribution in [2.24, 2.45) is 5.92 Å². The topological polar surface area (TPSA) is 49.9 Å². The number of benzene rings is 2. The molecule has 1 unspecified atom stereocenters. The van der Waals surface area contributed by atoms with E-state index < -0.39 is 0 Å². The third kappa shape index (κ3) is 8.03. The second kappa shape index (κ2) is 12.9. The Kier molecular flexibility index (Phi) is 9.71. The SMILES string of the molecule is CCC(C)CN(CC(=O)N(Cc1ccccc1)Cc1ccc(C)s1)C(=O)COc1ccccc1. The molecule has 0 bridgehead atoms. The van der Waals surface area contributed by atoms with Gasteiger partial charge in [0.2, 0.25) is 5.91 Å². The van der Waals surface area contributed by atoms with Crippen LogP contribution in [0.15, 0.2) is 72.8 Å². The van der Waals surface area contributed by atoms with E-state index in [1.54, 1.807) is 16.2 Å². The van der Waals surface area contributed by atoms with Crippen LogP contribution in [-0.4, -0.2) is 41.3 Å². The van der Waals surface area contributed by atoms with Crippen LogP contribution in [0.4, 0.5) is 0 Å². The predicted molar refractivity (Wildman–Crippen MR) is 138 cm³/mol. The Morgan fingerprint density at radius 1 is 0.882 bits per heavy atom. The molecule has 1 heterocycles. The van der Waals surface area contributed by atoms with E-state index in [1.807, 2.05) is 65.6 Å². The summed E-state index contributed by atoms with van der Waals surface area (Å²) in [4.78, 5) is 32.4. The minimum Gasteiger partial charge on any atom is -0.484 e. The summed E-state index contributed by atoms with van der Waals surface area (Å²) in [5, 5.41) is 0. The van der Waals surface area contributed by atoms with E-state index in [0.29, 0.717) is 25.4 Å². The zero-order valence-electron chi connectivity index (χ0n) is 20.3. The average Bonchev–Trinajstić information content (AvgIpc) is 3.27. The number of thiophene rings is 1. The van der Waals surface area contributed by atoms with Gasteiger partial charge in [-0.15, -0.1) is 11.3 Å². The van der Waals surface area contributed by atoms with Crippen molar-refractivity contribution in [3.63, 3.8) is 0 Å². The van der Waals surface area contributed by atoms with Gasteiger partial charge in [0.15, 0.2) is 6.61 Å². The second-order valence-corrected chi connectivity index (χ2v) is 10.0. The van der Waals surface area contributed by atoms with Gasteiger partial charge in [-0.25, -0.2) is 0 Å². The zero-order valence-corrected chi connectivity index (χ0v) is 21.1. The van der Waals surface area contributed by atoms with Crippen LogP contribution in [0.2, 0.25) is 0 Å². The lowest BCUT2D eigenvalue weighted by Crippen LogP contribution is -2.45. The number of amides is 2. The van der Waals surface area contributed by atoms with Crippen molar-refractivity contribution >= 4 is 23.2 Å². The molecule has 3 rings (SSSR count). The van der Waals surface area contributed by atoms with Gasteiger partial charge in [0.05, 0.1) is 13.1 Å². The number of rotatable bonds is 12. The fourth-order valence-electron chi connectivity index (χ4n) is 3.57. The van der Waals surface area contributed by atoms with Gasteiger partial charge in [-0.05, 0) is 42.7 Å². The van der Waals surface area contributed by atoms with Gasteiger partial charge in [0.1, 0.15) is 5.75 Å². The van der Waals surface area contributed by atoms with Gasteiger partial charge in [0.25, 0.3) is 5.91 Å². The van der Waals surface area contributed by atoms with E-state index in [1.165, 1.54) is 4.88 Å². The second-order valence-electron chi connectivity index (χ2n) is 8.64. The summed E-state index contributed by atoms with van der Waals surface area (Å²) in [6, 6.07) is 23.4. The molecular formula is C28H34N2O3S. The van der Waals surface area contributed by atoms with Crippen LogP contribution < -0.4 is 4.74 Å². The molecule has 5 nitrogen and oxygen atoms in total. The van der Waals surface area contributed by atoms with Crippen LogP contribution in [-0.2, 0) is 22.7 Å². The molecular weight excluding hydrogens is 444 g/mol. The van der Waals surface area contributed by atoms with Crippen LogP contribution >= 0.6 is 11.3 Å². The average molecular weight is 479 g/mol. The van der Waals surface area contributed by atoms with Gasteiger partial charge < -0.3 is 14.5 Å². The van der Waals surface area contributed by atoms with E-state index in [9.17, 15) is 9.59 Å². The number of carbonyl (C=O) groups excluding carboxylic acids is 2. The Hall–Kier alpha value is -3.12. The molecule has 0 spiro atoms. The minimum atomic E-state index is -0.177. The number of carbonyl (C=O) groups is 2. The number of para-hydroxylation sites is 1. The van der Waals surface area contributed by atoms with Crippen LogP contribution in [0.5, 0.6) is 5.75 Å². The molecule has 2 amide bonds. The standard InChI is InChI=1S/C28H34N2O3S/c1-4-22(2)17-29(28(32)21-33-25-13-9-6-10-14-25)20-27(31)30(18-24-11-7-5-8-12-24)19-26-16-15-23(3)34-26/h5-16,22H,4,17-21H2,1-3H3. The lowest BCUT2D eigenvalue weighted by atomic mass is 10.1. The summed E-state index contributed by atoms with van der Waals surface area (Å²) in [6.07, 6.45) is 0.930. The molecule has 6 heteroatoms.